The molecule has 166 valence electrons. The zero-order valence-electron chi connectivity index (χ0n) is 18.3. The Morgan fingerprint density at radius 2 is 2.00 bits per heavy atom. The molecular weight excluding hydrogens is 380 g/mol. The molecule has 3 saturated carbocycles. The molecule has 5 rings (SSSR count). The standard InChI is InChI=1S/C24H36N2O4/c1-23-8-5-14(26-30-15-7-10-25-12-15)11-19(23)16(13-27)22(29)21-17-3-4-20(28)24(17,2)9-6-18(21)23/h11,15-19,21,25-27H,3-10,12-13H2,1-2H3/t15-,16-,17+,18+,19?,21+,23-,24+/m1/s1. The van der Waals surface area contributed by atoms with Crippen molar-refractivity contribution in [2.75, 3.05) is 19.7 Å². The van der Waals surface area contributed by atoms with Crippen LogP contribution in [0.1, 0.15) is 58.8 Å². The van der Waals surface area contributed by atoms with Crippen molar-refractivity contribution in [1.29, 1.82) is 0 Å². The maximum absolute atomic E-state index is 13.7. The molecule has 0 aromatic carbocycles. The second-order valence-electron chi connectivity index (χ2n) is 10.9. The number of carbonyl (C=O) groups is 2. The Morgan fingerprint density at radius 3 is 2.73 bits per heavy atom. The fourth-order valence-corrected chi connectivity index (χ4v) is 7.72. The van der Waals surface area contributed by atoms with Gasteiger partial charge >= 0.3 is 0 Å². The molecule has 0 radical (unpaired) electrons. The van der Waals surface area contributed by atoms with E-state index in [4.69, 9.17) is 4.84 Å². The van der Waals surface area contributed by atoms with Crippen molar-refractivity contribution >= 4 is 11.6 Å². The number of aliphatic hydroxyl groups is 1. The van der Waals surface area contributed by atoms with Crippen molar-refractivity contribution in [2.24, 2.45) is 40.4 Å². The Labute approximate surface area is 179 Å². The number of nitrogens with one attached hydrogen (secondary N) is 2. The van der Waals surface area contributed by atoms with E-state index in [0.29, 0.717) is 18.1 Å². The average Bonchev–Trinajstić information content (AvgIpc) is 3.36. The molecule has 6 heteroatoms. The molecule has 0 spiro atoms. The van der Waals surface area contributed by atoms with Crippen molar-refractivity contribution in [3.63, 3.8) is 0 Å². The number of hydrogen-bond donors (Lipinski definition) is 3. The van der Waals surface area contributed by atoms with Gasteiger partial charge < -0.3 is 10.4 Å². The summed E-state index contributed by atoms with van der Waals surface area (Å²) in [6.45, 7) is 6.16. The Hall–Kier alpha value is -1.24. The van der Waals surface area contributed by atoms with Crippen molar-refractivity contribution in [2.45, 2.75) is 64.9 Å². The minimum absolute atomic E-state index is 0.0148. The summed E-state index contributed by atoms with van der Waals surface area (Å²) < 4.78 is 0. The second kappa shape index (κ2) is 7.42. The molecule has 1 unspecified atom stereocenters. The van der Waals surface area contributed by atoms with Crippen LogP contribution in [0.4, 0.5) is 0 Å². The van der Waals surface area contributed by atoms with Crippen LogP contribution < -0.4 is 10.8 Å². The largest absolute Gasteiger partial charge is 0.396 e. The summed E-state index contributed by atoms with van der Waals surface area (Å²) >= 11 is 0. The topological polar surface area (TPSA) is 87.7 Å². The molecule has 4 aliphatic carbocycles. The van der Waals surface area contributed by atoms with Crippen LogP contribution in [-0.2, 0) is 14.4 Å². The number of ketones is 2. The first-order valence-corrected chi connectivity index (χ1v) is 11.9. The Morgan fingerprint density at radius 1 is 1.17 bits per heavy atom. The van der Waals surface area contributed by atoms with E-state index in [2.05, 4.69) is 30.7 Å². The van der Waals surface area contributed by atoms with E-state index in [1.54, 1.807) is 0 Å². The van der Waals surface area contributed by atoms with Gasteiger partial charge in [0.05, 0.1) is 12.7 Å². The van der Waals surface area contributed by atoms with E-state index in [-0.39, 0.29) is 53.0 Å². The lowest BCUT2D eigenvalue weighted by atomic mass is 9.43. The molecule has 1 saturated heterocycles. The summed E-state index contributed by atoms with van der Waals surface area (Å²) in [4.78, 5) is 32.2. The summed E-state index contributed by atoms with van der Waals surface area (Å²) in [6, 6.07) is 0. The summed E-state index contributed by atoms with van der Waals surface area (Å²) in [5, 5.41) is 13.6. The summed E-state index contributed by atoms with van der Waals surface area (Å²) in [7, 11) is 0. The van der Waals surface area contributed by atoms with E-state index < -0.39 is 0 Å². The summed E-state index contributed by atoms with van der Waals surface area (Å²) in [6.07, 6.45) is 8.58. The van der Waals surface area contributed by atoms with Crippen molar-refractivity contribution in [3.8, 4) is 0 Å². The van der Waals surface area contributed by atoms with E-state index in [0.717, 1.165) is 57.3 Å². The van der Waals surface area contributed by atoms with E-state index in [1.165, 1.54) is 0 Å². The average molecular weight is 417 g/mol. The number of Topliss-reactive ketones (excluding diaryl/α,β-unsaturated/α-hetero) is 2. The summed E-state index contributed by atoms with van der Waals surface area (Å²) in [5.74, 6) is 0.592. The first-order valence-electron chi connectivity index (χ1n) is 11.9. The number of allylic oxidation sites excluding steroid dienone is 2. The van der Waals surface area contributed by atoms with Crippen molar-refractivity contribution in [1.82, 2.24) is 10.8 Å². The van der Waals surface area contributed by atoms with Gasteiger partial charge in [-0.3, -0.25) is 19.9 Å². The molecule has 0 bridgehead atoms. The maximum atomic E-state index is 13.7. The van der Waals surface area contributed by atoms with E-state index >= 15 is 0 Å². The molecule has 5 aliphatic rings. The van der Waals surface area contributed by atoms with Crippen molar-refractivity contribution in [3.05, 3.63) is 11.8 Å². The minimum atomic E-state index is -0.375. The normalized spacial score (nSPS) is 48.0. The third-order valence-electron chi connectivity index (χ3n) is 9.60. The number of hydroxylamine groups is 1. The van der Waals surface area contributed by atoms with Gasteiger partial charge in [0.1, 0.15) is 11.6 Å². The van der Waals surface area contributed by atoms with Crippen LogP contribution >= 0.6 is 0 Å². The number of fused-ring (bicyclic) bond motifs is 5. The fourth-order valence-electron chi connectivity index (χ4n) is 7.72. The molecule has 6 nitrogen and oxygen atoms in total. The highest BCUT2D eigenvalue weighted by atomic mass is 16.7. The lowest BCUT2D eigenvalue weighted by Gasteiger charge is -2.59. The molecule has 0 amide bonds. The molecule has 1 aliphatic heterocycles. The van der Waals surface area contributed by atoms with Crippen LogP contribution in [-0.4, -0.2) is 42.5 Å². The first kappa shape index (κ1) is 20.7. The highest BCUT2D eigenvalue weighted by molar-refractivity contribution is 5.91. The molecule has 4 fully saturated rings. The van der Waals surface area contributed by atoms with Crippen LogP contribution in [0.2, 0.25) is 0 Å². The number of hydrogen-bond acceptors (Lipinski definition) is 6. The third kappa shape index (κ3) is 2.94. The quantitative estimate of drug-likeness (QED) is 0.610. The monoisotopic (exact) mass is 416 g/mol. The highest BCUT2D eigenvalue weighted by Gasteiger charge is 2.64. The van der Waals surface area contributed by atoms with Gasteiger partial charge in [0.2, 0.25) is 0 Å². The Balaban J connectivity index is 1.42. The van der Waals surface area contributed by atoms with Gasteiger partial charge in [-0.1, -0.05) is 19.9 Å². The molecule has 1 heterocycles. The molecule has 30 heavy (non-hydrogen) atoms. The number of rotatable bonds is 4. The smallest absolute Gasteiger partial charge is 0.142 e. The van der Waals surface area contributed by atoms with Crippen LogP contribution in [0.25, 0.3) is 0 Å². The Bertz CT molecular complexity index is 760. The van der Waals surface area contributed by atoms with Crippen LogP contribution in [0, 0.1) is 40.4 Å². The van der Waals surface area contributed by atoms with Gasteiger partial charge in [0.15, 0.2) is 0 Å². The second-order valence-corrected chi connectivity index (χ2v) is 10.9. The fraction of sp³-hybridized carbons (Fsp3) is 0.833. The van der Waals surface area contributed by atoms with E-state index in [1.807, 2.05) is 0 Å². The van der Waals surface area contributed by atoms with Crippen LogP contribution in [0.5, 0.6) is 0 Å². The first-order chi connectivity index (χ1) is 14.4. The molecular formula is C24H36N2O4. The third-order valence-corrected chi connectivity index (χ3v) is 9.60. The van der Waals surface area contributed by atoms with Gasteiger partial charge in [-0.2, -0.15) is 0 Å². The molecule has 3 N–H and O–H groups in total. The molecule has 8 atom stereocenters. The SMILES string of the molecule is C[C@]12CCC(NO[C@@H]3CCNC3)=CC1[C@@H](CO)C(=O)[C@@H]1[C@@H]2CC[C@]2(C)C(=O)CC[C@@H]12. The predicted molar refractivity (Wildman–Crippen MR) is 112 cm³/mol. The van der Waals surface area contributed by atoms with Crippen molar-refractivity contribution < 1.29 is 19.5 Å². The molecule has 0 aromatic heterocycles. The van der Waals surface area contributed by atoms with Crippen LogP contribution in [0.15, 0.2) is 11.8 Å². The lowest BCUT2D eigenvalue weighted by Crippen LogP contribution is -2.60. The van der Waals surface area contributed by atoms with Gasteiger partial charge in [0, 0.05) is 35.9 Å². The zero-order chi connectivity index (χ0) is 21.1. The highest BCUT2D eigenvalue weighted by Crippen LogP contribution is 2.65. The van der Waals surface area contributed by atoms with Gasteiger partial charge in [-0.15, -0.1) is 0 Å². The van der Waals surface area contributed by atoms with Crippen LogP contribution in [0.3, 0.4) is 0 Å². The van der Waals surface area contributed by atoms with Gasteiger partial charge in [0.25, 0.3) is 0 Å². The summed E-state index contributed by atoms with van der Waals surface area (Å²) in [5.41, 5.74) is 3.88. The minimum Gasteiger partial charge on any atom is -0.396 e. The predicted octanol–water partition coefficient (Wildman–Crippen LogP) is 2.37. The number of aliphatic hydroxyl groups excluding tert-OH is 1. The number of carbonyl (C=O) groups excluding carboxylic acids is 2. The van der Waals surface area contributed by atoms with Gasteiger partial charge in [-0.05, 0) is 68.2 Å². The zero-order valence-corrected chi connectivity index (χ0v) is 18.3. The molecule has 0 aromatic rings. The Kier molecular flexibility index (Phi) is 5.11. The van der Waals surface area contributed by atoms with Gasteiger partial charge in [-0.25, -0.2) is 0 Å². The maximum Gasteiger partial charge on any atom is 0.142 e. The lowest BCUT2D eigenvalue weighted by molar-refractivity contribution is -0.162. The van der Waals surface area contributed by atoms with E-state index in [9.17, 15) is 14.7 Å².